The third-order valence-electron chi connectivity index (χ3n) is 11.6. The van der Waals surface area contributed by atoms with Crippen LogP contribution in [0.25, 0.3) is 0 Å². The first-order valence-corrected chi connectivity index (χ1v) is 29.5. The van der Waals surface area contributed by atoms with E-state index >= 15 is 0 Å². The van der Waals surface area contributed by atoms with Gasteiger partial charge in [-0.1, -0.05) is 227 Å². The maximum Gasteiger partial charge on any atom is 0.472 e. The molecule has 0 aromatic carbocycles. The van der Waals surface area contributed by atoms with Gasteiger partial charge in [-0.25, -0.2) is 4.57 Å². The number of carbonyl (C=O) groups excluding carboxylic acids is 2. The van der Waals surface area contributed by atoms with Crippen molar-refractivity contribution in [3.63, 3.8) is 0 Å². The quantitative estimate of drug-likeness (QED) is 0.0211. The summed E-state index contributed by atoms with van der Waals surface area (Å²) in [7, 11) is 1.45. The molecule has 0 fully saturated rings. The third-order valence-corrected chi connectivity index (χ3v) is 12.6. The van der Waals surface area contributed by atoms with Gasteiger partial charge in [0.2, 0.25) is 0 Å². The van der Waals surface area contributed by atoms with E-state index in [1.807, 2.05) is 21.1 Å². The second-order valence-electron chi connectivity index (χ2n) is 19.6. The monoisotopic (exact) mass is 999 g/mol. The van der Waals surface area contributed by atoms with Crippen molar-refractivity contribution < 1.29 is 42.1 Å². The minimum Gasteiger partial charge on any atom is -0.462 e. The number of allylic oxidation sites excluding steroid dienone is 16. The zero-order valence-electron chi connectivity index (χ0n) is 45.5. The summed E-state index contributed by atoms with van der Waals surface area (Å²) in [5.41, 5.74) is 0. The van der Waals surface area contributed by atoms with Gasteiger partial charge in [0.1, 0.15) is 19.8 Å². The van der Waals surface area contributed by atoms with Crippen molar-refractivity contribution in [1.29, 1.82) is 0 Å². The van der Waals surface area contributed by atoms with Crippen LogP contribution in [-0.2, 0) is 32.7 Å². The molecule has 0 aliphatic carbocycles. The van der Waals surface area contributed by atoms with Crippen LogP contribution in [-0.4, -0.2) is 74.9 Å². The lowest BCUT2D eigenvalue weighted by Crippen LogP contribution is -2.37. The lowest BCUT2D eigenvalue weighted by Gasteiger charge is -2.24. The molecule has 1 N–H and O–H groups in total. The van der Waals surface area contributed by atoms with E-state index in [1.165, 1.54) is 89.9 Å². The van der Waals surface area contributed by atoms with Crippen LogP contribution in [0.4, 0.5) is 0 Å². The zero-order chi connectivity index (χ0) is 51.3. The van der Waals surface area contributed by atoms with E-state index in [2.05, 4.69) is 111 Å². The maximum atomic E-state index is 12.8. The molecule has 0 heterocycles. The summed E-state index contributed by atoms with van der Waals surface area (Å²) in [6.07, 6.45) is 68.9. The summed E-state index contributed by atoms with van der Waals surface area (Å²) < 4.78 is 34.5. The van der Waals surface area contributed by atoms with Crippen molar-refractivity contribution in [3.8, 4) is 0 Å². The number of unbranched alkanes of at least 4 members (excludes halogenated alkanes) is 20. The van der Waals surface area contributed by atoms with Gasteiger partial charge < -0.3 is 18.9 Å². The van der Waals surface area contributed by atoms with E-state index in [9.17, 15) is 19.0 Å². The molecule has 0 radical (unpaired) electrons. The average molecular weight is 999 g/mol. The molecule has 0 spiro atoms. The predicted molar refractivity (Wildman–Crippen MR) is 298 cm³/mol. The largest absolute Gasteiger partial charge is 0.472 e. The first-order valence-electron chi connectivity index (χ1n) is 28.0. The average Bonchev–Trinajstić information content (AvgIpc) is 3.32. The highest BCUT2D eigenvalue weighted by Gasteiger charge is 2.27. The van der Waals surface area contributed by atoms with Gasteiger partial charge in [-0.2, -0.15) is 0 Å². The van der Waals surface area contributed by atoms with Crippen molar-refractivity contribution in [1.82, 2.24) is 0 Å². The number of likely N-dealkylation sites (N-methyl/N-ethyl adjacent to an activating group) is 1. The molecule has 0 aliphatic rings. The van der Waals surface area contributed by atoms with Crippen molar-refractivity contribution >= 4 is 19.8 Å². The number of ether oxygens (including phenoxy) is 2. The Kier molecular flexibility index (Phi) is 48.6. The molecule has 0 amide bonds. The van der Waals surface area contributed by atoms with Crippen LogP contribution >= 0.6 is 7.82 Å². The molecule has 2 unspecified atom stereocenters. The fourth-order valence-corrected chi connectivity index (χ4v) is 8.07. The summed E-state index contributed by atoms with van der Waals surface area (Å²) in [6, 6.07) is 0. The van der Waals surface area contributed by atoms with Crippen molar-refractivity contribution in [2.75, 3.05) is 47.5 Å². The molecule has 0 aromatic rings. The SMILES string of the molecule is CC/C=C\C/C=C\C/C=C\C/C=C\C/C=C\C/C=C\C/C=C\C/C=C\CCCCCCC(=O)OC(COC(=O)CCCCCCCCCCCCCCCCCCC)COP(=O)(O)OCC[N+](C)(C)C. The summed E-state index contributed by atoms with van der Waals surface area (Å²) in [6.45, 7) is 4.29. The highest BCUT2D eigenvalue weighted by Crippen LogP contribution is 2.43. The Labute approximate surface area is 430 Å². The number of carbonyl (C=O) groups is 2. The molecule has 0 saturated carbocycles. The van der Waals surface area contributed by atoms with Crippen LogP contribution in [0.5, 0.6) is 0 Å². The number of rotatable bonds is 50. The lowest BCUT2D eigenvalue weighted by atomic mass is 10.0. The van der Waals surface area contributed by atoms with Gasteiger partial charge in [0.25, 0.3) is 0 Å². The van der Waals surface area contributed by atoms with E-state index in [0.717, 1.165) is 96.3 Å². The number of hydrogen-bond donors (Lipinski definition) is 1. The normalized spacial score (nSPS) is 14.1. The Morgan fingerprint density at radius 2 is 0.814 bits per heavy atom. The molecule has 0 saturated heterocycles. The van der Waals surface area contributed by atoms with Crippen LogP contribution in [0, 0.1) is 0 Å². The van der Waals surface area contributed by atoms with E-state index in [4.69, 9.17) is 18.5 Å². The van der Waals surface area contributed by atoms with Crippen LogP contribution in [0.3, 0.4) is 0 Å². The fraction of sp³-hybridized carbons (Fsp3) is 0.700. The van der Waals surface area contributed by atoms with Gasteiger partial charge >= 0.3 is 19.8 Å². The molecule has 0 aliphatic heterocycles. The van der Waals surface area contributed by atoms with Gasteiger partial charge in [-0.3, -0.25) is 18.6 Å². The second-order valence-corrected chi connectivity index (χ2v) is 21.0. The fourth-order valence-electron chi connectivity index (χ4n) is 7.32. The highest BCUT2D eigenvalue weighted by atomic mass is 31.2. The smallest absolute Gasteiger partial charge is 0.462 e. The number of quaternary nitrogens is 1. The maximum absolute atomic E-state index is 12.8. The van der Waals surface area contributed by atoms with Crippen LogP contribution in [0.15, 0.2) is 97.2 Å². The van der Waals surface area contributed by atoms with Gasteiger partial charge in [-0.05, 0) is 77.0 Å². The van der Waals surface area contributed by atoms with Crippen LogP contribution in [0.1, 0.15) is 219 Å². The Morgan fingerprint density at radius 1 is 0.457 bits per heavy atom. The minimum absolute atomic E-state index is 0.0225. The number of phosphoric ester groups is 1. The Morgan fingerprint density at radius 3 is 1.21 bits per heavy atom. The number of esters is 2. The molecular formula is C60H105NO8P+. The van der Waals surface area contributed by atoms with Gasteiger partial charge in [0.15, 0.2) is 6.10 Å². The summed E-state index contributed by atoms with van der Waals surface area (Å²) in [5, 5.41) is 0. The summed E-state index contributed by atoms with van der Waals surface area (Å²) >= 11 is 0. The standard InChI is InChI=1S/C60H104NO8P/c1-6-8-10-12-14-16-18-20-22-24-25-26-27-28-29-30-31-32-33-34-35-37-39-41-43-45-47-49-51-53-60(63)69-58(57-68-70(64,65)67-55-54-61(3,4)5)56-66-59(62)52-50-48-46-44-42-40-38-36-23-21-19-17-15-13-11-9-7-2/h8,10,14,16,20,22,25-26,28-29,31-32,34-35,39,41,58H,6-7,9,11-13,15,17-19,21,23-24,27,30,33,36-38,40,42-57H2,1-5H3/p+1/b10-8-,16-14-,22-20-,26-25-,29-28-,32-31-,35-34-,41-39-. The molecule has 9 nitrogen and oxygen atoms in total. The lowest BCUT2D eigenvalue weighted by molar-refractivity contribution is -0.870. The summed E-state index contributed by atoms with van der Waals surface area (Å²) in [5.74, 6) is -0.827. The molecule has 70 heavy (non-hydrogen) atoms. The number of nitrogens with zero attached hydrogens (tertiary/aromatic N) is 1. The molecule has 0 aromatic heterocycles. The van der Waals surface area contributed by atoms with E-state index in [0.29, 0.717) is 17.4 Å². The minimum atomic E-state index is -4.40. The molecule has 0 rings (SSSR count). The van der Waals surface area contributed by atoms with Gasteiger partial charge in [-0.15, -0.1) is 0 Å². The van der Waals surface area contributed by atoms with Gasteiger partial charge in [0, 0.05) is 12.8 Å². The number of hydrogen-bond acceptors (Lipinski definition) is 7. The first kappa shape index (κ1) is 66.9. The Bertz CT molecular complexity index is 1500. The van der Waals surface area contributed by atoms with Crippen LogP contribution in [0.2, 0.25) is 0 Å². The zero-order valence-corrected chi connectivity index (χ0v) is 46.4. The molecule has 0 bridgehead atoms. The Hall–Kier alpha value is -3.07. The second kappa shape index (κ2) is 50.9. The van der Waals surface area contributed by atoms with E-state index < -0.39 is 26.5 Å². The summed E-state index contributed by atoms with van der Waals surface area (Å²) in [4.78, 5) is 35.6. The van der Waals surface area contributed by atoms with E-state index in [-0.39, 0.29) is 32.0 Å². The van der Waals surface area contributed by atoms with Crippen molar-refractivity contribution in [3.05, 3.63) is 97.2 Å². The molecule has 2 atom stereocenters. The van der Waals surface area contributed by atoms with E-state index in [1.54, 1.807) is 0 Å². The van der Waals surface area contributed by atoms with Gasteiger partial charge in [0.05, 0.1) is 27.7 Å². The van der Waals surface area contributed by atoms with Crippen LogP contribution < -0.4 is 0 Å². The highest BCUT2D eigenvalue weighted by molar-refractivity contribution is 7.47. The first-order chi connectivity index (χ1) is 34.0. The predicted octanol–water partition coefficient (Wildman–Crippen LogP) is 17.3. The topological polar surface area (TPSA) is 108 Å². The number of phosphoric acid groups is 1. The third kappa shape index (κ3) is 54.3. The molecule has 402 valence electrons. The van der Waals surface area contributed by atoms with Crippen molar-refractivity contribution in [2.24, 2.45) is 0 Å². The Balaban J connectivity index is 4.28. The van der Waals surface area contributed by atoms with Crippen molar-refractivity contribution in [2.45, 2.75) is 225 Å². The molecule has 10 heteroatoms. The molecular weight excluding hydrogens is 894 g/mol.